The Hall–Kier alpha value is -3.94. The number of aromatic amines is 1. The molecule has 3 heterocycles. The first kappa shape index (κ1) is 20.9. The fraction of sp³-hybridized carbons (Fsp3) is 0.280. The van der Waals surface area contributed by atoms with E-state index in [9.17, 15) is 9.59 Å². The SMILES string of the molecule is COc1ccccc1C(=O)N1CCCC(c2nc3c(c(C)nn3-c3ccccc3)c(=O)[nH]2)C1. The van der Waals surface area contributed by atoms with Crippen molar-refractivity contribution in [3.05, 3.63) is 82.0 Å². The number of fused-ring (bicyclic) bond motifs is 1. The van der Waals surface area contributed by atoms with Crippen LogP contribution in [0, 0.1) is 6.92 Å². The van der Waals surface area contributed by atoms with Gasteiger partial charge in [0.05, 0.1) is 24.1 Å². The summed E-state index contributed by atoms with van der Waals surface area (Å²) in [5.74, 6) is 0.988. The van der Waals surface area contributed by atoms with Crippen LogP contribution in [0.15, 0.2) is 59.4 Å². The van der Waals surface area contributed by atoms with E-state index in [1.165, 1.54) is 0 Å². The van der Waals surface area contributed by atoms with Gasteiger partial charge in [-0.25, -0.2) is 9.67 Å². The lowest BCUT2D eigenvalue weighted by molar-refractivity contribution is 0.0701. The van der Waals surface area contributed by atoms with Crippen LogP contribution in [-0.4, -0.2) is 50.8 Å². The molecule has 0 spiro atoms. The third kappa shape index (κ3) is 3.77. The molecule has 0 radical (unpaired) electrons. The molecular formula is C25H25N5O3. The molecule has 2 aromatic carbocycles. The summed E-state index contributed by atoms with van der Waals surface area (Å²) in [4.78, 5) is 35.8. The van der Waals surface area contributed by atoms with Gasteiger partial charge in [-0.05, 0) is 44.0 Å². The monoisotopic (exact) mass is 443 g/mol. The van der Waals surface area contributed by atoms with E-state index in [-0.39, 0.29) is 17.4 Å². The number of piperidine rings is 1. The van der Waals surface area contributed by atoms with Crippen molar-refractivity contribution in [3.63, 3.8) is 0 Å². The molecule has 33 heavy (non-hydrogen) atoms. The highest BCUT2D eigenvalue weighted by Gasteiger charge is 2.29. The van der Waals surface area contributed by atoms with Crippen LogP contribution in [0.25, 0.3) is 16.7 Å². The van der Waals surface area contributed by atoms with Gasteiger partial charge in [-0.15, -0.1) is 0 Å². The number of hydrogen-bond donors (Lipinski definition) is 1. The number of amides is 1. The molecule has 1 fully saturated rings. The summed E-state index contributed by atoms with van der Waals surface area (Å²) in [7, 11) is 1.56. The smallest absolute Gasteiger partial charge is 0.262 e. The second-order valence-electron chi connectivity index (χ2n) is 8.27. The number of rotatable bonds is 4. The van der Waals surface area contributed by atoms with Gasteiger partial charge in [-0.1, -0.05) is 30.3 Å². The lowest BCUT2D eigenvalue weighted by Crippen LogP contribution is -2.40. The normalized spacial score (nSPS) is 16.2. The minimum absolute atomic E-state index is 0.0751. The zero-order valence-electron chi connectivity index (χ0n) is 18.6. The molecule has 1 aliphatic rings. The third-order valence-corrected chi connectivity index (χ3v) is 6.16. The predicted molar refractivity (Wildman–Crippen MR) is 125 cm³/mol. The summed E-state index contributed by atoms with van der Waals surface area (Å²) in [6.45, 7) is 2.94. The first-order chi connectivity index (χ1) is 16.1. The van der Waals surface area contributed by atoms with E-state index in [4.69, 9.17) is 9.72 Å². The fourth-order valence-electron chi connectivity index (χ4n) is 4.52. The Morgan fingerprint density at radius 1 is 1.12 bits per heavy atom. The molecule has 8 heteroatoms. The van der Waals surface area contributed by atoms with Crippen LogP contribution in [0.4, 0.5) is 0 Å². The molecule has 1 amide bonds. The lowest BCUT2D eigenvalue weighted by Gasteiger charge is -2.32. The van der Waals surface area contributed by atoms with E-state index in [0.29, 0.717) is 47.0 Å². The zero-order chi connectivity index (χ0) is 22.9. The van der Waals surface area contributed by atoms with Gasteiger partial charge in [0.15, 0.2) is 5.65 Å². The molecule has 0 bridgehead atoms. The predicted octanol–water partition coefficient (Wildman–Crippen LogP) is 3.45. The van der Waals surface area contributed by atoms with Crippen LogP contribution in [0.5, 0.6) is 5.75 Å². The minimum Gasteiger partial charge on any atom is -0.496 e. The van der Waals surface area contributed by atoms with E-state index >= 15 is 0 Å². The van der Waals surface area contributed by atoms with Crippen molar-refractivity contribution >= 4 is 16.9 Å². The summed E-state index contributed by atoms with van der Waals surface area (Å²) in [6, 6.07) is 16.9. The molecule has 1 N–H and O–H groups in total. The average molecular weight is 444 g/mol. The molecule has 168 valence electrons. The van der Waals surface area contributed by atoms with Crippen LogP contribution in [0.2, 0.25) is 0 Å². The Morgan fingerprint density at radius 3 is 2.67 bits per heavy atom. The Balaban J connectivity index is 1.50. The Labute approximate surface area is 190 Å². The van der Waals surface area contributed by atoms with E-state index in [2.05, 4.69) is 10.1 Å². The Morgan fingerprint density at radius 2 is 1.88 bits per heavy atom. The standard InChI is InChI=1S/C25H25N5O3/c1-16-21-23(30(28-16)18-10-4-3-5-11-18)26-22(27-24(21)31)17-9-8-14-29(15-17)25(32)19-12-6-7-13-20(19)33-2/h3-7,10-13,17H,8-9,14-15H2,1-2H3,(H,26,27,31). The molecule has 1 unspecified atom stereocenters. The molecular weight excluding hydrogens is 418 g/mol. The molecule has 8 nitrogen and oxygen atoms in total. The largest absolute Gasteiger partial charge is 0.496 e. The van der Waals surface area contributed by atoms with Gasteiger partial charge >= 0.3 is 0 Å². The molecule has 1 saturated heterocycles. The van der Waals surface area contributed by atoms with Crippen molar-refractivity contribution in [3.8, 4) is 11.4 Å². The van der Waals surface area contributed by atoms with E-state index in [1.807, 2.05) is 54.3 Å². The highest BCUT2D eigenvalue weighted by atomic mass is 16.5. The van der Waals surface area contributed by atoms with Crippen molar-refractivity contribution < 1.29 is 9.53 Å². The quantitative estimate of drug-likeness (QED) is 0.522. The number of hydrogen-bond acceptors (Lipinski definition) is 5. The van der Waals surface area contributed by atoms with Crippen molar-refractivity contribution in [1.82, 2.24) is 24.6 Å². The second kappa shape index (κ2) is 8.54. The maximum absolute atomic E-state index is 13.2. The topological polar surface area (TPSA) is 93.1 Å². The minimum atomic E-state index is -0.206. The number of aromatic nitrogens is 4. The average Bonchev–Trinajstić information content (AvgIpc) is 3.21. The third-order valence-electron chi connectivity index (χ3n) is 6.16. The van der Waals surface area contributed by atoms with E-state index in [0.717, 1.165) is 18.5 Å². The van der Waals surface area contributed by atoms with Gasteiger partial charge in [-0.3, -0.25) is 9.59 Å². The van der Waals surface area contributed by atoms with E-state index in [1.54, 1.807) is 23.9 Å². The van der Waals surface area contributed by atoms with Crippen LogP contribution in [0.3, 0.4) is 0 Å². The number of likely N-dealkylation sites (tertiary alicyclic amines) is 1. The number of nitrogens with one attached hydrogen (secondary N) is 1. The first-order valence-corrected chi connectivity index (χ1v) is 11.0. The van der Waals surface area contributed by atoms with Crippen molar-refractivity contribution in [2.75, 3.05) is 20.2 Å². The van der Waals surface area contributed by atoms with Gasteiger partial charge in [0.2, 0.25) is 0 Å². The first-order valence-electron chi connectivity index (χ1n) is 11.0. The summed E-state index contributed by atoms with van der Waals surface area (Å²) < 4.78 is 7.09. The molecule has 0 saturated carbocycles. The van der Waals surface area contributed by atoms with Gasteiger partial charge < -0.3 is 14.6 Å². The number of ether oxygens (including phenoxy) is 1. The molecule has 2 aromatic heterocycles. The number of H-pyrrole nitrogens is 1. The number of aryl methyl sites for hydroxylation is 1. The lowest BCUT2D eigenvalue weighted by atomic mass is 9.96. The summed E-state index contributed by atoms with van der Waals surface area (Å²) in [5.41, 5.74) is 2.34. The van der Waals surface area contributed by atoms with Crippen LogP contribution in [0.1, 0.15) is 40.6 Å². The molecule has 0 aliphatic carbocycles. The summed E-state index contributed by atoms with van der Waals surface area (Å²) >= 11 is 0. The molecule has 1 atom stereocenters. The number of carbonyl (C=O) groups is 1. The maximum atomic E-state index is 13.2. The highest BCUT2D eigenvalue weighted by molar-refractivity contribution is 5.97. The Bertz CT molecular complexity index is 1380. The Kier molecular flexibility index (Phi) is 5.42. The second-order valence-corrected chi connectivity index (χ2v) is 8.27. The summed E-state index contributed by atoms with van der Waals surface area (Å²) in [5, 5.41) is 5.05. The highest BCUT2D eigenvalue weighted by Crippen LogP contribution is 2.28. The number of methoxy groups -OCH3 is 1. The molecule has 1 aliphatic heterocycles. The van der Waals surface area contributed by atoms with E-state index < -0.39 is 0 Å². The van der Waals surface area contributed by atoms with Gasteiger partial charge in [0.1, 0.15) is 17.0 Å². The molecule has 4 aromatic rings. The number of para-hydroxylation sites is 2. The van der Waals surface area contributed by atoms with Crippen LogP contribution in [-0.2, 0) is 0 Å². The maximum Gasteiger partial charge on any atom is 0.262 e. The number of nitrogens with zero attached hydrogens (tertiary/aromatic N) is 4. The van der Waals surface area contributed by atoms with Gasteiger partial charge in [0.25, 0.3) is 11.5 Å². The zero-order valence-corrected chi connectivity index (χ0v) is 18.6. The fourth-order valence-corrected chi connectivity index (χ4v) is 4.52. The van der Waals surface area contributed by atoms with Crippen molar-refractivity contribution in [1.29, 1.82) is 0 Å². The van der Waals surface area contributed by atoms with Gasteiger partial charge in [-0.2, -0.15) is 5.10 Å². The number of benzene rings is 2. The van der Waals surface area contributed by atoms with Crippen LogP contribution >= 0.6 is 0 Å². The summed E-state index contributed by atoms with van der Waals surface area (Å²) in [6.07, 6.45) is 1.66. The number of carbonyl (C=O) groups excluding carboxylic acids is 1. The van der Waals surface area contributed by atoms with Crippen LogP contribution < -0.4 is 10.3 Å². The molecule has 5 rings (SSSR count). The van der Waals surface area contributed by atoms with Gasteiger partial charge in [0, 0.05) is 19.0 Å². The van der Waals surface area contributed by atoms with Crippen molar-refractivity contribution in [2.45, 2.75) is 25.7 Å². The van der Waals surface area contributed by atoms with Crippen molar-refractivity contribution in [2.24, 2.45) is 0 Å².